The zero-order valence-electron chi connectivity index (χ0n) is 9.19. The van der Waals surface area contributed by atoms with Gasteiger partial charge in [0.1, 0.15) is 0 Å². The second kappa shape index (κ2) is 4.35. The molecule has 3 amide bonds. The summed E-state index contributed by atoms with van der Waals surface area (Å²) in [6, 6.07) is 7.74. The number of amides is 3. The van der Waals surface area contributed by atoms with Gasteiger partial charge in [-0.15, -0.1) is 0 Å². The molecule has 1 saturated heterocycles. The highest BCUT2D eigenvalue weighted by Crippen LogP contribution is 2.09. The molecule has 0 bridgehead atoms. The first-order valence-electron chi connectivity index (χ1n) is 5.29. The molecule has 0 atom stereocenters. The van der Waals surface area contributed by atoms with E-state index in [1.54, 1.807) is 4.90 Å². The number of benzene rings is 1. The first-order valence-corrected chi connectivity index (χ1v) is 5.29. The van der Waals surface area contributed by atoms with Crippen molar-refractivity contribution in [3.8, 4) is 0 Å². The van der Waals surface area contributed by atoms with Crippen molar-refractivity contribution >= 4 is 11.9 Å². The maximum Gasteiger partial charge on any atom is 0.324 e. The van der Waals surface area contributed by atoms with Gasteiger partial charge < -0.3 is 4.90 Å². The highest BCUT2D eigenvalue weighted by Gasteiger charge is 2.22. The van der Waals surface area contributed by atoms with E-state index in [1.165, 1.54) is 5.56 Å². The summed E-state index contributed by atoms with van der Waals surface area (Å²) < 4.78 is 0. The number of nitrogens with one attached hydrogen (secondary N) is 1. The van der Waals surface area contributed by atoms with Crippen LogP contribution in [0.15, 0.2) is 24.3 Å². The molecule has 0 saturated carbocycles. The third kappa shape index (κ3) is 2.39. The molecule has 2 rings (SSSR count). The van der Waals surface area contributed by atoms with Crippen LogP contribution in [0, 0.1) is 6.92 Å². The van der Waals surface area contributed by atoms with E-state index >= 15 is 0 Å². The Kier molecular flexibility index (Phi) is 2.90. The third-order valence-electron chi connectivity index (χ3n) is 2.64. The number of rotatable bonds is 2. The summed E-state index contributed by atoms with van der Waals surface area (Å²) in [4.78, 5) is 24.1. The average molecular weight is 218 g/mol. The van der Waals surface area contributed by atoms with Crippen molar-refractivity contribution < 1.29 is 9.59 Å². The summed E-state index contributed by atoms with van der Waals surface area (Å²) in [7, 11) is 0. The number of imide groups is 1. The number of urea groups is 1. The van der Waals surface area contributed by atoms with Crippen molar-refractivity contribution in [2.45, 2.75) is 19.9 Å². The van der Waals surface area contributed by atoms with Crippen LogP contribution < -0.4 is 5.32 Å². The quantitative estimate of drug-likeness (QED) is 0.816. The van der Waals surface area contributed by atoms with E-state index in [0.717, 1.165) is 5.56 Å². The smallest absolute Gasteiger partial charge is 0.320 e. The molecule has 1 aliphatic rings. The molecular weight excluding hydrogens is 204 g/mol. The molecule has 1 aliphatic heterocycles. The normalized spacial score (nSPS) is 16.2. The van der Waals surface area contributed by atoms with Crippen LogP contribution in [0.1, 0.15) is 17.5 Å². The van der Waals surface area contributed by atoms with E-state index in [4.69, 9.17) is 0 Å². The maximum absolute atomic E-state index is 11.5. The summed E-state index contributed by atoms with van der Waals surface area (Å²) in [6.07, 6.45) is 0.387. The summed E-state index contributed by atoms with van der Waals surface area (Å²) in [5.74, 6) is -0.190. The van der Waals surface area contributed by atoms with E-state index < -0.39 is 0 Å². The molecule has 0 radical (unpaired) electrons. The second-order valence-electron chi connectivity index (χ2n) is 4.01. The predicted molar refractivity (Wildman–Crippen MR) is 59.7 cm³/mol. The third-order valence-corrected chi connectivity index (χ3v) is 2.64. The molecule has 0 spiro atoms. The van der Waals surface area contributed by atoms with Crippen molar-refractivity contribution in [2.75, 3.05) is 6.54 Å². The van der Waals surface area contributed by atoms with Crippen LogP contribution >= 0.6 is 0 Å². The highest BCUT2D eigenvalue weighted by atomic mass is 16.2. The number of nitrogens with zero attached hydrogens (tertiary/aromatic N) is 1. The molecule has 1 aromatic rings. The molecular formula is C12H14N2O2. The standard InChI is InChI=1S/C12H14N2O2/c1-9-2-4-10(5-3-9)8-14-7-6-11(15)13-12(14)16/h2-5H,6-8H2,1H3,(H,13,15,16). The van der Waals surface area contributed by atoms with Gasteiger partial charge in [-0.25, -0.2) is 4.79 Å². The Bertz CT molecular complexity index is 412. The number of carbonyl (C=O) groups excluding carboxylic acids is 2. The van der Waals surface area contributed by atoms with Gasteiger partial charge in [0.25, 0.3) is 0 Å². The van der Waals surface area contributed by atoms with Crippen molar-refractivity contribution in [1.82, 2.24) is 10.2 Å². The van der Waals surface area contributed by atoms with Crippen molar-refractivity contribution in [3.63, 3.8) is 0 Å². The van der Waals surface area contributed by atoms with Gasteiger partial charge in [-0.1, -0.05) is 29.8 Å². The lowest BCUT2D eigenvalue weighted by Gasteiger charge is -2.26. The van der Waals surface area contributed by atoms with Crippen molar-refractivity contribution in [3.05, 3.63) is 35.4 Å². The fourth-order valence-corrected chi connectivity index (χ4v) is 1.66. The maximum atomic E-state index is 11.5. The Hall–Kier alpha value is -1.84. The van der Waals surface area contributed by atoms with Crippen LogP contribution in [-0.4, -0.2) is 23.4 Å². The zero-order chi connectivity index (χ0) is 11.5. The number of hydrogen-bond acceptors (Lipinski definition) is 2. The largest absolute Gasteiger partial charge is 0.324 e. The minimum atomic E-state index is -0.295. The number of carbonyl (C=O) groups is 2. The van der Waals surface area contributed by atoms with Gasteiger partial charge in [0, 0.05) is 19.5 Å². The molecule has 84 valence electrons. The fraction of sp³-hybridized carbons (Fsp3) is 0.333. The summed E-state index contributed by atoms with van der Waals surface area (Å²) in [5, 5.41) is 2.31. The first kappa shape index (κ1) is 10.7. The second-order valence-corrected chi connectivity index (χ2v) is 4.01. The van der Waals surface area contributed by atoms with Gasteiger partial charge in [0.15, 0.2) is 0 Å². The Morgan fingerprint density at radius 3 is 2.56 bits per heavy atom. The average Bonchev–Trinajstić information content (AvgIpc) is 2.25. The van der Waals surface area contributed by atoms with E-state index in [-0.39, 0.29) is 11.9 Å². The molecule has 1 N–H and O–H groups in total. The molecule has 1 aromatic carbocycles. The Morgan fingerprint density at radius 1 is 1.25 bits per heavy atom. The van der Waals surface area contributed by atoms with Crippen molar-refractivity contribution in [1.29, 1.82) is 0 Å². The van der Waals surface area contributed by atoms with Crippen LogP contribution in [0.2, 0.25) is 0 Å². The molecule has 0 aromatic heterocycles. The molecule has 16 heavy (non-hydrogen) atoms. The van der Waals surface area contributed by atoms with Crippen LogP contribution in [0.4, 0.5) is 4.79 Å². The number of hydrogen-bond donors (Lipinski definition) is 1. The van der Waals surface area contributed by atoms with Gasteiger partial charge in [-0.3, -0.25) is 10.1 Å². The molecule has 4 heteroatoms. The minimum absolute atomic E-state index is 0.190. The highest BCUT2D eigenvalue weighted by molar-refractivity contribution is 5.96. The Labute approximate surface area is 94.2 Å². The predicted octanol–water partition coefficient (Wildman–Crippen LogP) is 1.44. The molecule has 0 unspecified atom stereocenters. The van der Waals surface area contributed by atoms with E-state index in [0.29, 0.717) is 19.5 Å². The molecule has 1 fully saturated rings. The summed E-state index contributed by atoms with van der Waals surface area (Å²) in [5.41, 5.74) is 2.28. The number of aryl methyl sites for hydroxylation is 1. The zero-order valence-corrected chi connectivity index (χ0v) is 9.19. The monoisotopic (exact) mass is 218 g/mol. The van der Waals surface area contributed by atoms with E-state index in [9.17, 15) is 9.59 Å². The van der Waals surface area contributed by atoms with Gasteiger partial charge in [0.2, 0.25) is 5.91 Å². The van der Waals surface area contributed by atoms with Crippen LogP contribution in [0.3, 0.4) is 0 Å². The van der Waals surface area contributed by atoms with Crippen molar-refractivity contribution in [2.24, 2.45) is 0 Å². The minimum Gasteiger partial charge on any atom is -0.320 e. The van der Waals surface area contributed by atoms with Gasteiger partial charge in [-0.2, -0.15) is 0 Å². The van der Waals surface area contributed by atoms with E-state index in [2.05, 4.69) is 5.32 Å². The fourth-order valence-electron chi connectivity index (χ4n) is 1.66. The lowest BCUT2D eigenvalue weighted by Crippen LogP contribution is -2.48. The summed E-state index contributed by atoms with van der Waals surface area (Å²) in [6.45, 7) is 3.08. The van der Waals surface area contributed by atoms with E-state index in [1.807, 2.05) is 31.2 Å². The van der Waals surface area contributed by atoms with Gasteiger partial charge >= 0.3 is 6.03 Å². The van der Waals surface area contributed by atoms with Crippen LogP contribution in [-0.2, 0) is 11.3 Å². The van der Waals surface area contributed by atoms with Crippen LogP contribution in [0.25, 0.3) is 0 Å². The Morgan fingerprint density at radius 2 is 1.94 bits per heavy atom. The SMILES string of the molecule is Cc1ccc(CN2CCC(=O)NC2=O)cc1. The Balaban J connectivity index is 2.02. The summed E-state index contributed by atoms with van der Waals surface area (Å²) >= 11 is 0. The van der Waals surface area contributed by atoms with Gasteiger partial charge in [0.05, 0.1) is 0 Å². The lowest BCUT2D eigenvalue weighted by atomic mass is 10.1. The first-order chi connectivity index (χ1) is 7.65. The molecule has 0 aliphatic carbocycles. The molecule has 1 heterocycles. The molecule has 4 nitrogen and oxygen atoms in total. The van der Waals surface area contributed by atoms with Crippen LogP contribution in [0.5, 0.6) is 0 Å². The van der Waals surface area contributed by atoms with Gasteiger partial charge in [-0.05, 0) is 12.5 Å². The topological polar surface area (TPSA) is 49.4 Å². The lowest BCUT2D eigenvalue weighted by molar-refractivity contribution is -0.121.